The Balaban J connectivity index is 1.85. The Morgan fingerprint density at radius 3 is 2.88 bits per heavy atom. The van der Waals surface area contributed by atoms with Gasteiger partial charge in [-0.1, -0.05) is 23.7 Å². The van der Waals surface area contributed by atoms with Crippen LogP contribution in [0.3, 0.4) is 0 Å². The third-order valence-electron chi connectivity index (χ3n) is 3.62. The number of aromatic nitrogens is 2. The Kier molecular flexibility index (Phi) is 5.00. The van der Waals surface area contributed by atoms with Gasteiger partial charge in [0, 0.05) is 18.9 Å². The SMILES string of the molecule is COc1cccc(CNc2nccn(-c3ccc(F)c(Cl)c3)c2=O)c1. The quantitative estimate of drug-likeness (QED) is 0.755. The molecule has 0 spiro atoms. The van der Waals surface area contributed by atoms with E-state index in [0.717, 1.165) is 11.3 Å². The number of rotatable bonds is 5. The molecule has 1 N–H and O–H groups in total. The fourth-order valence-corrected chi connectivity index (χ4v) is 2.51. The lowest BCUT2D eigenvalue weighted by molar-refractivity contribution is 0.414. The molecule has 1 aromatic heterocycles. The highest BCUT2D eigenvalue weighted by atomic mass is 35.5. The van der Waals surface area contributed by atoms with Crippen LogP contribution in [0.25, 0.3) is 5.69 Å². The lowest BCUT2D eigenvalue weighted by Gasteiger charge is -2.10. The molecule has 3 rings (SSSR count). The second-order valence-corrected chi connectivity index (χ2v) is 5.66. The number of nitrogens with one attached hydrogen (secondary N) is 1. The monoisotopic (exact) mass is 359 g/mol. The Labute approximate surface area is 148 Å². The van der Waals surface area contributed by atoms with Crippen LogP contribution in [0, 0.1) is 5.82 Å². The molecule has 0 saturated heterocycles. The van der Waals surface area contributed by atoms with E-state index in [1.54, 1.807) is 7.11 Å². The average molecular weight is 360 g/mol. The van der Waals surface area contributed by atoms with Gasteiger partial charge in [0.25, 0.3) is 5.56 Å². The molecule has 0 atom stereocenters. The van der Waals surface area contributed by atoms with Crippen LogP contribution in [-0.2, 0) is 6.54 Å². The fourth-order valence-electron chi connectivity index (χ4n) is 2.34. The second kappa shape index (κ2) is 7.36. The van der Waals surface area contributed by atoms with Crippen molar-refractivity contribution in [2.75, 3.05) is 12.4 Å². The summed E-state index contributed by atoms with van der Waals surface area (Å²) in [4.78, 5) is 16.7. The summed E-state index contributed by atoms with van der Waals surface area (Å²) in [5.41, 5.74) is 1.05. The zero-order chi connectivity index (χ0) is 17.8. The Morgan fingerprint density at radius 1 is 1.28 bits per heavy atom. The molecule has 0 unspecified atom stereocenters. The molecule has 0 saturated carbocycles. The summed E-state index contributed by atoms with van der Waals surface area (Å²) in [7, 11) is 1.60. The topological polar surface area (TPSA) is 56.1 Å². The molecule has 3 aromatic rings. The summed E-state index contributed by atoms with van der Waals surface area (Å²) in [6, 6.07) is 11.6. The van der Waals surface area contributed by atoms with Gasteiger partial charge in [0.1, 0.15) is 11.6 Å². The van der Waals surface area contributed by atoms with E-state index in [0.29, 0.717) is 12.2 Å². The summed E-state index contributed by atoms with van der Waals surface area (Å²) in [5, 5.41) is 2.96. The van der Waals surface area contributed by atoms with Gasteiger partial charge in [-0.25, -0.2) is 9.37 Å². The zero-order valence-electron chi connectivity index (χ0n) is 13.4. The Hall–Kier alpha value is -2.86. The maximum absolute atomic E-state index is 13.3. The van der Waals surface area contributed by atoms with Crippen LogP contribution < -0.4 is 15.6 Å². The first kappa shape index (κ1) is 17.0. The summed E-state index contributed by atoms with van der Waals surface area (Å²) < 4.78 is 19.8. The minimum absolute atomic E-state index is 0.0490. The number of nitrogens with zero attached hydrogens (tertiary/aromatic N) is 2. The summed E-state index contributed by atoms with van der Waals surface area (Å²) in [6.07, 6.45) is 3.00. The molecule has 0 bridgehead atoms. The van der Waals surface area contributed by atoms with Gasteiger partial charge in [-0.15, -0.1) is 0 Å². The normalized spacial score (nSPS) is 10.5. The molecule has 0 aliphatic carbocycles. The number of hydrogen-bond donors (Lipinski definition) is 1. The van der Waals surface area contributed by atoms with Crippen molar-refractivity contribution >= 4 is 17.4 Å². The van der Waals surface area contributed by atoms with Gasteiger partial charge in [-0.2, -0.15) is 0 Å². The first-order valence-corrected chi connectivity index (χ1v) is 7.86. The van der Waals surface area contributed by atoms with Gasteiger partial charge in [0.05, 0.1) is 17.8 Å². The molecule has 1 heterocycles. The van der Waals surface area contributed by atoms with Crippen LogP contribution in [0.1, 0.15) is 5.56 Å². The van der Waals surface area contributed by atoms with Crippen molar-refractivity contribution in [1.82, 2.24) is 9.55 Å². The van der Waals surface area contributed by atoms with Crippen molar-refractivity contribution in [3.63, 3.8) is 0 Å². The van der Waals surface area contributed by atoms with Crippen molar-refractivity contribution in [3.05, 3.63) is 81.6 Å². The summed E-state index contributed by atoms with van der Waals surface area (Å²) in [5.74, 6) is 0.383. The van der Waals surface area contributed by atoms with Crippen LogP contribution >= 0.6 is 11.6 Å². The van der Waals surface area contributed by atoms with Gasteiger partial charge in [0.2, 0.25) is 0 Å². The molecule has 0 amide bonds. The number of ether oxygens (including phenoxy) is 1. The lowest BCUT2D eigenvalue weighted by atomic mass is 10.2. The van der Waals surface area contributed by atoms with E-state index in [9.17, 15) is 9.18 Å². The largest absolute Gasteiger partial charge is 0.497 e. The summed E-state index contributed by atoms with van der Waals surface area (Å²) >= 11 is 5.79. The van der Waals surface area contributed by atoms with E-state index < -0.39 is 5.82 Å². The molecule has 0 fully saturated rings. The zero-order valence-corrected chi connectivity index (χ0v) is 14.1. The molecule has 0 radical (unpaired) electrons. The Bertz CT molecular complexity index is 959. The van der Waals surface area contributed by atoms with Crippen LogP contribution in [0.4, 0.5) is 10.2 Å². The van der Waals surface area contributed by atoms with Crippen LogP contribution in [0.2, 0.25) is 5.02 Å². The van der Waals surface area contributed by atoms with Gasteiger partial charge in [-0.05, 0) is 35.9 Å². The van der Waals surface area contributed by atoms with Crippen LogP contribution in [0.5, 0.6) is 5.75 Å². The molecular formula is C18H15ClFN3O2. The predicted molar refractivity (Wildman–Crippen MR) is 95.1 cm³/mol. The number of hydrogen-bond acceptors (Lipinski definition) is 4. The molecule has 0 aliphatic heterocycles. The molecule has 128 valence electrons. The minimum Gasteiger partial charge on any atom is -0.497 e. The number of methoxy groups -OCH3 is 1. The van der Waals surface area contributed by atoms with E-state index in [1.807, 2.05) is 24.3 Å². The number of halogens is 2. The predicted octanol–water partition coefficient (Wildman–Crippen LogP) is 3.65. The van der Waals surface area contributed by atoms with Crippen molar-refractivity contribution in [1.29, 1.82) is 0 Å². The van der Waals surface area contributed by atoms with Crippen LogP contribution in [-0.4, -0.2) is 16.7 Å². The third-order valence-corrected chi connectivity index (χ3v) is 3.91. The van der Waals surface area contributed by atoms with Crippen LogP contribution in [0.15, 0.2) is 59.7 Å². The minimum atomic E-state index is -0.538. The second-order valence-electron chi connectivity index (χ2n) is 5.25. The molecule has 5 nitrogen and oxygen atoms in total. The highest BCUT2D eigenvalue weighted by molar-refractivity contribution is 6.30. The van der Waals surface area contributed by atoms with E-state index in [-0.39, 0.29) is 16.4 Å². The van der Waals surface area contributed by atoms with E-state index in [4.69, 9.17) is 16.3 Å². The summed E-state index contributed by atoms with van der Waals surface area (Å²) in [6.45, 7) is 0.410. The van der Waals surface area contributed by atoms with Gasteiger partial charge in [0.15, 0.2) is 5.82 Å². The van der Waals surface area contributed by atoms with Gasteiger partial charge < -0.3 is 10.1 Å². The van der Waals surface area contributed by atoms with E-state index in [2.05, 4.69) is 10.3 Å². The van der Waals surface area contributed by atoms with E-state index in [1.165, 1.54) is 35.2 Å². The highest BCUT2D eigenvalue weighted by Gasteiger charge is 2.08. The molecule has 7 heteroatoms. The number of anilines is 1. The molecule has 0 aliphatic rings. The molecule has 2 aromatic carbocycles. The first-order valence-electron chi connectivity index (χ1n) is 7.48. The lowest BCUT2D eigenvalue weighted by Crippen LogP contribution is -2.23. The molecular weight excluding hydrogens is 345 g/mol. The van der Waals surface area contributed by atoms with Crippen molar-refractivity contribution in [2.24, 2.45) is 0 Å². The maximum Gasteiger partial charge on any atom is 0.297 e. The maximum atomic E-state index is 13.3. The Morgan fingerprint density at radius 2 is 2.12 bits per heavy atom. The van der Waals surface area contributed by atoms with Gasteiger partial charge >= 0.3 is 0 Å². The average Bonchev–Trinajstić information content (AvgIpc) is 2.63. The van der Waals surface area contributed by atoms with E-state index >= 15 is 0 Å². The standard InChI is InChI=1S/C18H15ClFN3O2/c1-25-14-4-2-3-12(9-14)11-22-17-18(24)23(8-7-21-17)13-5-6-16(20)15(19)10-13/h2-10H,11H2,1H3,(H,21,22). The fraction of sp³-hybridized carbons (Fsp3) is 0.111. The number of benzene rings is 2. The third kappa shape index (κ3) is 3.80. The molecule has 25 heavy (non-hydrogen) atoms. The van der Waals surface area contributed by atoms with Crippen molar-refractivity contribution < 1.29 is 9.13 Å². The van der Waals surface area contributed by atoms with Gasteiger partial charge in [-0.3, -0.25) is 9.36 Å². The highest BCUT2D eigenvalue weighted by Crippen LogP contribution is 2.18. The first-order chi connectivity index (χ1) is 12.1. The van der Waals surface area contributed by atoms with Crippen molar-refractivity contribution in [2.45, 2.75) is 6.54 Å². The van der Waals surface area contributed by atoms with Crippen molar-refractivity contribution in [3.8, 4) is 11.4 Å². The smallest absolute Gasteiger partial charge is 0.297 e.